The van der Waals surface area contributed by atoms with Gasteiger partial charge >= 0.3 is 0 Å². The lowest BCUT2D eigenvalue weighted by atomic mass is 9.99. The molecule has 1 amide bonds. The van der Waals surface area contributed by atoms with Crippen LogP contribution >= 0.6 is 0 Å². The SMILES string of the molecule is CN1CCN(Cc2ccc(NC(=O)c3ccc4nc(-c5ccc6c(c5)CCCN6C)[nH]c4c3)cc2)CC1. The standard InChI is InChI=1S/C30H34N6O/c1-34-14-16-36(17-15-34)20-21-5-9-25(10-6-21)31-30(37)24-7-11-26-27(19-24)33-29(32-26)23-8-12-28-22(18-23)4-3-13-35(28)2/h5-12,18-19H,3-4,13-17,20H2,1-2H3,(H,31,37)(H,32,33). The highest BCUT2D eigenvalue weighted by Crippen LogP contribution is 2.31. The Kier molecular flexibility index (Phi) is 6.40. The summed E-state index contributed by atoms with van der Waals surface area (Å²) in [4.78, 5) is 28.4. The summed E-state index contributed by atoms with van der Waals surface area (Å²) in [5.74, 6) is 0.709. The molecule has 1 fully saturated rings. The summed E-state index contributed by atoms with van der Waals surface area (Å²) < 4.78 is 0. The van der Waals surface area contributed by atoms with Gasteiger partial charge in [0.1, 0.15) is 5.82 Å². The molecule has 7 nitrogen and oxygen atoms in total. The van der Waals surface area contributed by atoms with Crippen LogP contribution in [0.1, 0.15) is 27.9 Å². The van der Waals surface area contributed by atoms with Gasteiger partial charge in [-0.15, -0.1) is 0 Å². The fourth-order valence-electron chi connectivity index (χ4n) is 5.38. The van der Waals surface area contributed by atoms with Crippen molar-refractivity contribution in [1.82, 2.24) is 19.8 Å². The third-order valence-corrected chi connectivity index (χ3v) is 7.66. The van der Waals surface area contributed by atoms with Crippen LogP contribution in [-0.4, -0.2) is 72.5 Å². The van der Waals surface area contributed by atoms with E-state index < -0.39 is 0 Å². The Morgan fingerprint density at radius 3 is 2.57 bits per heavy atom. The number of imidazole rings is 1. The molecule has 0 atom stereocenters. The predicted octanol–water partition coefficient (Wildman–Crippen LogP) is 4.61. The van der Waals surface area contributed by atoms with Crippen LogP contribution in [0, 0.1) is 0 Å². The number of nitrogens with zero attached hydrogens (tertiary/aromatic N) is 4. The average Bonchev–Trinajstić information content (AvgIpc) is 3.35. The van der Waals surface area contributed by atoms with Crippen LogP contribution in [0.2, 0.25) is 0 Å². The summed E-state index contributed by atoms with van der Waals surface area (Å²) in [5, 5.41) is 3.04. The molecule has 3 heterocycles. The second kappa shape index (κ2) is 10.00. The molecule has 1 aromatic heterocycles. The number of aromatic amines is 1. The Balaban J connectivity index is 1.14. The van der Waals surface area contributed by atoms with Crippen LogP contribution in [0.5, 0.6) is 0 Å². The maximum Gasteiger partial charge on any atom is 0.255 e. The maximum absolute atomic E-state index is 13.0. The van der Waals surface area contributed by atoms with Crippen molar-refractivity contribution in [3.63, 3.8) is 0 Å². The van der Waals surface area contributed by atoms with Gasteiger partial charge in [0.2, 0.25) is 0 Å². The summed E-state index contributed by atoms with van der Waals surface area (Å²) in [6, 6.07) is 20.4. The normalized spacial score (nSPS) is 16.6. The summed E-state index contributed by atoms with van der Waals surface area (Å²) in [6.45, 7) is 6.46. The molecule has 2 aliphatic rings. The molecule has 1 saturated heterocycles. The van der Waals surface area contributed by atoms with Gasteiger partial charge in [-0.05, 0) is 79.5 Å². The van der Waals surface area contributed by atoms with E-state index in [1.807, 2.05) is 30.3 Å². The van der Waals surface area contributed by atoms with E-state index in [1.54, 1.807) is 0 Å². The number of rotatable bonds is 5. The van der Waals surface area contributed by atoms with E-state index >= 15 is 0 Å². The highest BCUT2D eigenvalue weighted by atomic mass is 16.1. The first-order valence-corrected chi connectivity index (χ1v) is 13.2. The zero-order valence-electron chi connectivity index (χ0n) is 21.6. The lowest BCUT2D eigenvalue weighted by Crippen LogP contribution is -2.43. The molecule has 0 spiro atoms. The number of carbonyl (C=O) groups is 1. The number of carbonyl (C=O) groups excluding carboxylic acids is 1. The Morgan fingerprint density at radius 2 is 1.76 bits per heavy atom. The van der Waals surface area contributed by atoms with Crippen molar-refractivity contribution >= 4 is 28.3 Å². The van der Waals surface area contributed by atoms with Crippen molar-refractivity contribution in [2.75, 3.05) is 57.0 Å². The lowest BCUT2D eigenvalue weighted by molar-refractivity contribution is 0.102. The smallest absolute Gasteiger partial charge is 0.255 e. The summed E-state index contributed by atoms with van der Waals surface area (Å²) in [7, 11) is 4.32. The van der Waals surface area contributed by atoms with Crippen molar-refractivity contribution in [1.29, 1.82) is 0 Å². The molecule has 7 heteroatoms. The number of hydrogen-bond donors (Lipinski definition) is 2. The van der Waals surface area contributed by atoms with Crippen molar-refractivity contribution in [2.24, 2.45) is 0 Å². The largest absolute Gasteiger partial charge is 0.374 e. The fourth-order valence-corrected chi connectivity index (χ4v) is 5.38. The van der Waals surface area contributed by atoms with Crippen molar-refractivity contribution in [3.8, 4) is 11.4 Å². The minimum Gasteiger partial charge on any atom is -0.374 e. The van der Waals surface area contributed by atoms with Gasteiger partial charge in [0.25, 0.3) is 5.91 Å². The number of hydrogen-bond acceptors (Lipinski definition) is 5. The van der Waals surface area contributed by atoms with Gasteiger partial charge in [-0.25, -0.2) is 4.98 Å². The second-order valence-electron chi connectivity index (χ2n) is 10.4. The summed E-state index contributed by atoms with van der Waals surface area (Å²) in [6.07, 6.45) is 2.26. The average molecular weight is 495 g/mol. The first-order valence-electron chi connectivity index (χ1n) is 13.2. The minimum absolute atomic E-state index is 0.123. The highest BCUT2D eigenvalue weighted by molar-refractivity contribution is 6.06. The molecule has 0 radical (unpaired) electrons. The van der Waals surface area contributed by atoms with Crippen molar-refractivity contribution in [2.45, 2.75) is 19.4 Å². The monoisotopic (exact) mass is 494 g/mol. The number of anilines is 2. The third kappa shape index (κ3) is 5.10. The molecule has 0 bridgehead atoms. The number of benzene rings is 3. The number of fused-ring (bicyclic) bond motifs is 2. The van der Waals surface area contributed by atoms with Crippen molar-refractivity contribution in [3.05, 3.63) is 77.4 Å². The molecule has 3 aromatic carbocycles. The van der Waals surface area contributed by atoms with Gasteiger partial charge in [0.15, 0.2) is 0 Å². The zero-order chi connectivity index (χ0) is 25.4. The van der Waals surface area contributed by atoms with E-state index in [0.717, 1.165) is 73.8 Å². The number of aryl methyl sites for hydroxylation is 1. The van der Waals surface area contributed by atoms with Gasteiger partial charge in [-0.1, -0.05) is 12.1 Å². The molecule has 0 saturated carbocycles. The Labute approximate surface area is 218 Å². The molecule has 0 aliphatic carbocycles. The first kappa shape index (κ1) is 23.7. The molecule has 4 aromatic rings. The number of H-pyrrole nitrogens is 1. The van der Waals surface area contributed by atoms with Crippen LogP contribution < -0.4 is 10.2 Å². The number of likely N-dealkylation sites (N-methyl/N-ethyl adjacent to an activating group) is 1. The van der Waals surface area contributed by atoms with Crippen LogP contribution in [0.15, 0.2) is 60.7 Å². The van der Waals surface area contributed by atoms with Crippen LogP contribution in [0.25, 0.3) is 22.4 Å². The third-order valence-electron chi connectivity index (χ3n) is 7.66. The number of amides is 1. The Hall–Kier alpha value is -3.68. The number of nitrogens with one attached hydrogen (secondary N) is 2. The molecule has 2 N–H and O–H groups in total. The van der Waals surface area contributed by atoms with Crippen LogP contribution in [0.4, 0.5) is 11.4 Å². The molecule has 6 rings (SSSR count). The van der Waals surface area contributed by atoms with Crippen LogP contribution in [-0.2, 0) is 13.0 Å². The molecule has 190 valence electrons. The molecular formula is C30H34N6O. The number of piperazine rings is 1. The van der Waals surface area contributed by atoms with Gasteiger partial charge < -0.3 is 20.1 Å². The zero-order valence-corrected chi connectivity index (χ0v) is 21.6. The van der Waals surface area contributed by atoms with E-state index in [1.165, 1.54) is 23.2 Å². The molecule has 37 heavy (non-hydrogen) atoms. The second-order valence-corrected chi connectivity index (χ2v) is 10.4. The quantitative estimate of drug-likeness (QED) is 0.424. The summed E-state index contributed by atoms with van der Waals surface area (Å²) >= 11 is 0. The van der Waals surface area contributed by atoms with Gasteiger partial charge in [0.05, 0.1) is 11.0 Å². The van der Waals surface area contributed by atoms with E-state index in [9.17, 15) is 4.79 Å². The first-order chi connectivity index (χ1) is 18.0. The predicted molar refractivity (Wildman–Crippen MR) is 150 cm³/mol. The maximum atomic E-state index is 13.0. The fraction of sp³-hybridized carbons (Fsp3) is 0.333. The molecular weight excluding hydrogens is 460 g/mol. The van der Waals surface area contributed by atoms with E-state index in [4.69, 9.17) is 4.98 Å². The highest BCUT2D eigenvalue weighted by Gasteiger charge is 2.17. The Bertz CT molecular complexity index is 1420. The van der Waals surface area contributed by atoms with Gasteiger partial charge in [-0.3, -0.25) is 9.69 Å². The van der Waals surface area contributed by atoms with Crippen LogP contribution in [0.3, 0.4) is 0 Å². The van der Waals surface area contributed by atoms with E-state index in [2.05, 4.69) is 69.4 Å². The van der Waals surface area contributed by atoms with Crippen molar-refractivity contribution < 1.29 is 4.79 Å². The molecule has 2 aliphatic heterocycles. The summed E-state index contributed by atoms with van der Waals surface area (Å²) in [5.41, 5.74) is 8.14. The topological polar surface area (TPSA) is 67.5 Å². The van der Waals surface area contributed by atoms with E-state index in [-0.39, 0.29) is 5.91 Å². The minimum atomic E-state index is -0.123. The Morgan fingerprint density at radius 1 is 0.946 bits per heavy atom. The van der Waals surface area contributed by atoms with Gasteiger partial charge in [0, 0.05) is 68.8 Å². The lowest BCUT2D eigenvalue weighted by Gasteiger charge is -2.32. The number of aromatic nitrogens is 2. The van der Waals surface area contributed by atoms with E-state index in [0.29, 0.717) is 5.56 Å². The molecule has 0 unspecified atom stereocenters. The van der Waals surface area contributed by atoms with Gasteiger partial charge in [-0.2, -0.15) is 0 Å².